The molecular formula is C15H19NO3S. The molecule has 0 bridgehead atoms. The minimum atomic E-state index is -3.48. The summed E-state index contributed by atoms with van der Waals surface area (Å²) in [5, 5.41) is 8.66. The van der Waals surface area contributed by atoms with E-state index in [1.54, 1.807) is 18.2 Å². The van der Waals surface area contributed by atoms with Crippen LogP contribution in [-0.2, 0) is 10.0 Å². The first-order valence-electron chi connectivity index (χ1n) is 6.79. The fourth-order valence-corrected chi connectivity index (χ4v) is 3.59. The van der Waals surface area contributed by atoms with Crippen molar-refractivity contribution in [3.63, 3.8) is 0 Å². The zero-order chi connectivity index (χ0) is 14.6. The van der Waals surface area contributed by atoms with Crippen LogP contribution in [0.1, 0.15) is 31.7 Å². The molecule has 1 fully saturated rings. The number of aliphatic hydroxyl groups excluding tert-OH is 1. The summed E-state index contributed by atoms with van der Waals surface area (Å²) in [6.45, 7) is 1.86. The molecule has 1 aromatic rings. The molecule has 0 radical (unpaired) electrons. The Hall–Kier alpha value is -1.35. The summed E-state index contributed by atoms with van der Waals surface area (Å²) in [5.41, 5.74) is 0.586. The van der Waals surface area contributed by atoms with E-state index < -0.39 is 10.0 Å². The normalized spacial score (nSPS) is 21.1. The van der Waals surface area contributed by atoms with Gasteiger partial charge in [-0.15, -0.1) is 0 Å². The van der Waals surface area contributed by atoms with Crippen molar-refractivity contribution in [2.24, 2.45) is 5.92 Å². The van der Waals surface area contributed by atoms with Gasteiger partial charge in [-0.3, -0.25) is 0 Å². The molecular weight excluding hydrogens is 274 g/mol. The molecule has 2 unspecified atom stereocenters. The number of rotatable bonds is 5. The molecule has 0 aromatic heterocycles. The Morgan fingerprint density at radius 2 is 2.25 bits per heavy atom. The third kappa shape index (κ3) is 3.83. The van der Waals surface area contributed by atoms with Crippen LogP contribution in [0.5, 0.6) is 0 Å². The lowest BCUT2D eigenvalue weighted by atomic mass is 10.2. The van der Waals surface area contributed by atoms with Gasteiger partial charge in [-0.2, -0.15) is 0 Å². The Morgan fingerprint density at radius 1 is 1.45 bits per heavy atom. The van der Waals surface area contributed by atoms with Gasteiger partial charge in [0.25, 0.3) is 0 Å². The van der Waals surface area contributed by atoms with Crippen molar-refractivity contribution in [1.29, 1.82) is 0 Å². The number of hydrogen-bond acceptors (Lipinski definition) is 3. The van der Waals surface area contributed by atoms with Gasteiger partial charge in [0.2, 0.25) is 10.0 Å². The highest BCUT2D eigenvalue weighted by molar-refractivity contribution is 7.89. The number of nitrogens with one attached hydrogen (secondary N) is 1. The van der Waals surface area contributed by atoms with Gasteiger partial charge in [0.1, 0.15) is 6.61 Å². The predicted molar refractivity (Wildman–Crippen MR) is 77.5 cm³/mol. The van der Waals surface area contributed by atoms with E-state index in [2.05, 4.69) is 23.5 Å². The van der Waals surface area contributed by atoms with Gasteiger partial charge in [-0.25, -0.2) is 13.1 Å². The SMILES string of the molecule is CCCC1CC1NS(=O)(=O)c1cccc(C#CCO)c1. The molecule has 0 amide bonds. The molecule has 0 saturated heterocycles. The van der Waals surface area contributed by atoms with Gasteiger partial charge in [-0.1, -0.05) is 31.3 Å². The van der Waals surface area contributed by atoms with E-state index in [0.717, 1.165) is 19.3 Å². The Bertz CT molecular complexity index is 628. The highest BCUT2D eigenvalue weighted by Gasteiger charge is 2.39. The maximum Gasteiger partial charge on any atom is 0.240 e. The van der Waals surface area contributed by atoms with Crippen molar-refractivity contribution in [3.8, 4) is 11.8 Å². The number of benzene rings is 1. The molecule has 5 heteroatoms. The Balaban J connectivity index is 2.10. The van der Waals surface area contributed by atoms with Crippen molar-refractivity contribution in [2.45, 2.75) is 37.1 Å². The summed E-state index contributed by atoms with van der Waals surface area (Å²) < 4.78 is 27.2. The topological polar surface area (TPSA) is 66.4 Å². The second-order valence-corrected chi connectivity index (χ2v) is 6.71. The third-order valence-electron chi connectivity index (χ3n) is 3.34. The minimum Gasteiger partial charge on any atom is -0.384 e. The van der Waals surface area contributed by atoms with Crippen molar-refractivity contribution >= 4 is 10.0 Å². The predicted octanol–water partition coefficient (Wildman–Crippen LogP) is 1.50. The van der Waals surface area contributed by atoms with Crippen molar-refractivity contribution in [1.82, 2.24) is 4.72 Å². The van der Waals surface area contributed by atoms with E-state index >= 15 is 0 Å². The van der Waals surface area contributed by atoms with Crippen LogP contribution in [-0.4, -0.2) is 26.2 Å². The summed E-state index contributed by atoms with van der Waals surface area (Å²) in [4.78, 5) is 0.226. The second-order valence-electron chi connectivity index (χ2n) is 5.00. The number of sulfonamides is 1. The summed E-state index contributed by atoms with van der Waals surface area (Å²) in [5.74, 6) is 5.70. The highest BCUT2D eigenvalue weighted by atomic mass is 32.2. The smallest absolute Gasteiger partial charge is 0.240 e. The van der Waals surface area contributed by atoms with Gasteiger partial charge in [-0.05, 0) is 37.0 Å². The van der Waals surface area contributed by atoms with Crippen LogP contribution in [0.25, 0.3) is 0 Å². The number of hydrogen-bond donors (Lipinski definition) is 2. The fraction of sp³-hybridized carbons (Fsp3) is 0.467. The molecule has 1 aliphatic carbocycles. The lowest BCUT2D eigenvalue weighted by molar-refractivity contribution is 0.350. The fourth-order valence-electron chi connectivity index (χ4n) is 2.23. The van der Waals surface area contributed by atoms with Gasteiger partial charge in [0.05, 0.1) is 4.90 Å². The van der Waals surface area contributed by atoms with Crippen LogP contribution in [0, 0.1) is 17.8 Å². The number of aliphatic hydroxyl groups is 1. The minimum absolute atomic E-state index is 0.0760. The average Bonchev–Trinajstić information content (AvgIpc) is 3.14. The van der Waals surface area contributed by atoms with Crippen LogP contribution in [0.2, 0.25) is 0 Å². The molecule has 0 spiro atoms. The molecule has 20 heavy (non-hydrogen) atoms. The summed E-state index contributed by atoms with van der Waals surface area (Å²) in [6, 6.07) is 6.55. The Labute approximate surface area is 120 Å². The molecule has 0 aliphatic heterocycles. The summed E-state index contributed by atoms with van der Waals surface area (Å²) >= 11 is 0. The third-order valence-corrected chi connectivity index (χ3v) is 4.83. The highest BCUT2D eigenvalue weighted by Crippen LogP contribution is 2.35. The quantitative estimate of drug-likeness (QED) is 0.809. The first-order chi connectivity index (χ1) is 9.56. The summed E-state index contributed by atoms with van der Waals surface area (Å²) in [7, 11) is -3.48. The van der Waals surface area contributed by atoms with Crippen LogP contribution in [0.4, 0.5) is 0 Å². The average molecular weight is 293 g/mol. The molecule has 1 saturated carbocycles. The lowest BCUT2D eigenvalue weighted by Gasteiger charge is -2.06. The first kappa shape index (κ1) is 15.0. The largest absolute Gasteiger partial charge is 0.384 e. The zero-order valence-electron chi connectivity index (χ0n) is 11.5. The molecule has 0 heterocycles. The van der Waals surface area contributed by atoms with Crippen LogP contribution >= 0.6 is 0 Å². The lowest BCUT2D eigenvalue weighted by Crippen LogP contribution is -2.27. The van der Waals surface area contributed by atoms with Gasteiger partial charge < -0.3 is 5.11 Å². The Morgan fingerprint density at radius 3 is 2.95 bits per heavy atom. The van der Waals surface area contributed by atoms with Crippen LogP contribution in [0.15, 0.2) is 29.2 Å². The van der Waals surface area contributed by atoms with Crippen molar-refractivity contribution in [2.75, 3.05) is 6.61 Å². The van der Waals surface area contributed by atoms with E-state index in [0.29, 0.717) is 11.5 Å². The van der Waals surface area contributed by atoms with Crippen LogP contribution < -0.4 is 4.72 Å². The molecule has 1 aromatic carbocycles. The maximum atomic E-state index is 12.2. The maximum absolute atomic E-state index is 12.2. The van der Waals surface area contributed by atoms with E-state index in [1.807, 2.05) is 0 Å². The van der Waals surface area contributed by atoms with E-state index in [-0.39, 0.29) is 17.5 Å². The zero-order valence-corrected chi connectivity index (χ0v) is 12.3. The molecule has 1 aliphatic rings. The van der Waals surface area contributed by atoms with Crippen LogP contribution in [0.3, 0.4) is 0 Å². The Kier molecular flexibility index (Phi) is 4.81. The molecule has 2 rings (SSSR count). The summed E-state index contributed by atoms with van der Waals surface area (Å²) in [6.07, 6.45) is 3.07. The molecule has 4 nitrogen and oxygen atoms in total. The standard InChI is InChI=1S/C15H19NO3S/c1-2-5-13-11-15(13)16-20(18,19)14-8-3-6-12(10-14)7-4-9-17/h3,6,8,10,13,15-17H,2,5,9,11H2,1H3. The van der Waals surface area contributed by atoms with Gasteiger partial charge >= 0.3 is 0 Å². The van der Waals surface area contributed by atoms with Crippen molar-refractivity contribution < 1.29 is 13.5 Å². The van der Waals surface area contributed by atoms with Crippen molar-refractivity contribution in [3.05, 3.63) is 29.8 Å². The van der Waals surface area contributed by atoms with Gasteiger partial charge in [0, 0.05) is 11.6 Å². The van der Waals surface area contributed by atoms with E-state index in [1.165, 1.54) is 6.07 Å². The monoisotopic (exact) mass is 293 g/mol. The van der Waals surface area contributed by atoms with E-state index in [4.69, 9.17) is 5.11 Å². The molecule has 108 valence electrons. The molecule has 2 atom stereocenters. The molecule has 2 N–H and O–H groups in total. The first-order valence-corrected chi connectivity index (χ1v) is 8.27. The van der Waals surface area contributed by atoms with Gasteiger partial charge in [0.15, 0.2) is 0 Å². The van der Waals surface area contributed by atoms with E-state index in [9.17, 15) is 8.42 Å². The second kappa shape index (κ2) is 6.40.